The number of hydrogen-bond acceptors (Lipinski definition) is 4. The maximum atomic E-state index is 12.4. The van der Waals surface area contributed by atoms with Crippen LogP contribution in [-0.2, 0) is 9.53 Å². The third-order valence-electron chi connectivity index (χ3n) is 3.42. The predicted molar refractivity (Wildman–Crippen MR) is 97.2 cm³/mol. The van der Waals surface area contributed by atoms with Crippen molar-refractivity contribution in [1.82, 2.24) is 0 Å². The van der Waals surface area contributed by atoms with Crippen LogP contribution in [0.5, 0.6) is 5.75 Å². The third kappa shape index (κ3) is 5.50. The Hall–Kier alpha value is -2.53. The van der Waals surface area contributed by atoms with Crippen LogP contribution in [0, 0.1) is 0 Å². The van der Waals surface area contributed by atoms with Crippen molar-refractivity contribution in [2.75, 3.05) is 11.9 Å². The Bertz CT molecular complexity index is 713. The van der Waals surface area contributed by atoms with E-state index >= 15 is 0 Å². The molecule has 132 valence electrons. The van der Waals surface area contributed by atoms with Gasteiger partial charge in [0.25, 0.3) is 5.91 Å². The van der Waals surface area contributed by atoms with Crippen molar-refractivity contribution in [1.29, 1.82) is 0 Å². The molecule has 0 heterocycles. The maximum Gasteiger partial charge on any atom is 0.338 e. The molecule has 0 radical (unpaired) electrons. The number of anilines is 1. The highest BCUT2D eigenvalue weighted by Gasteiger charge is 2.18. The number of amides is 1. The lowest BCUT2D eigenvalue weighted by Gasteiger charge is -2.17. The van der Waals surface area contributed by atoms with Gasteiger partial charge in [0, 0.05) is 10.7 Å². The van der Waals surface area contributed by atoms with E-state index in [9.17, 15) is 9.59 Å². The van der Waals surface area contributed by atoms with Gasteiger partial charge in [0.1, 0.15) is 5.75 Å². The Kier molecular flexibility index (Phi) is 6.83. The summed E-state index contributed by atoms with van der Waals surface area (Å²) >= 11 is 5.84. The second kappa shape index (κ2) is 9.08. The van der Waals surface area contributed by atoms with Crippen LogP contribution < -0.4 is 10.1 Å². The van der Waals surface area contributed by atoms with E-state index in [0.29, 0.717) is 35.1 Å². The second-order valence-electron chi connectivity index (χ2n) is 5.26. The van der Waals surface area contributed by atoms with Crippen LogP contribution in [0.25, 0.3) is 0 Å². The number of carbonyl (C=O) groups is 2. The SMILES string of the molecule is CCOC(=O)c1ccc(NC(=O)[C@@H](CC)Oc2ccc(Cl)cc2)cc1. The van der Waals surface area contributed by atoms with Gasteiger partial charge >= 0.3 is 5.97 Å². The summed E-state index contributed by atoms with van der Waals surface area (Å²) in [5.41, 5.74) is 1.01. The molecule has 6 heteroatoms. The predicted octanol–water partition coefficient (Wildman–Crippen LogP) is 4.31. The van der Waals surface area contributed by atoms with Crippen molar-refractivity contribution >= 4 is 29.2 Å². The summed E-state index contributed by atoms with van der Waals surface area (Å²) in [4.78, 5) is 24.0. The number of esters is 1. The van der Waals surface area contributed by atoms with Crippen LogP contribution in [0.1, 0.15) is 30.6 Å². The van der Waals surface area contributed by atoms with Gasteiger partial charge < -0.3 is 14.8 Å². The van der Waals surface area contributed by atoms with Crippen molar-refractivity contribution in [3.8, 4) is 5.75 Å². The molecule has 1 N–H and O–H groups in total. The Morgan fingerprint density at radius 3 is 2.24 bits per heavy atom. The summed E-state index contributed by atoms with van der Waals surface area (Å²) in [7, 11) is 0. The van der Waals surface area contributed by atoms with Gasteiger partial charge in [0.15, 0.2) is 6.10 Å². The minimum absolute atomic E-state index is 0.263. The molecule has 0 spiro atoms. The molecule has 0 saturated carbocycles. The zero-order valence-electron chi connectivity index (χ0n) is 14.1. The molecule has 25 heavy (non-hydrogen) atoms. The van der Waals surface area contributed by atoms with Gasteiger partial charge in [-0.2, -0.15) is 0 Å². The maximum absolute atomic E-state index is 12.4. The molecule has 0 aliphatic rings. The normalized spacial score (nSPS) is 11.5. The van der Waals surface area contributed by atoms with Gasteiger partial charge in [-0.3, -0.25) is 4.79 Å². The zero-order chi connectivity index (χ0) is 18.2. The molecule has 0 fully saturated rings. The molecular formula is C19H20ClNO4. The molecular weight excluding hydrogens is 342 g/mol. The summed E-state index contributed by atoms with van der Waals surface area (Å²) in [6.45, 7) is 3.93. The van der Waals surface area contributed by atoms with Crippen molar-refractivity contribution in [3.63, 3.8) is 0 Å². The number of nitrogens with one attached hydrogen (secondary N) is 1. The Morgan fingerprint density at radius 1 is 1.04 bits per heavy atom. The van der Waals surface area contributed by atoms with Gasteiger partial charge in [-0.15, -0.1) is 0 Å². The van der Waals surface area contributed by atoms with Crippen molar-refractivity contribution in [2.24, 2.45) is 0 Å². The quantitative estimate of drug-likeness (QED) is 0.746. The number of carbonyl (C=O) groups excluding carboxylic acids is 2. The van der Waals surface area contributed by atoms with E-state index in [2.05, 4.69) is 5.32 Å². The highest BCUT2D eigenvalue weighted by molar-refractivity contribution is 6.30. The summed E-state index contributed by atoms with van der Waals surface area (Å²) < 4.78 is 10.6. The van der Waals surface area contributed by atoms with E-state index < -0.39 is 12.1 Å². The standard InChI is InChI=1S/C19H20ClNO4/c1-3-17(25-16-11-7-14(20)8-12-16)18(22)21-15-9-5-13(6-10-15)19(23)24-4-2/h5-12,17H,3-4H2,1-2H3,(H,21,22)/t17-/m1/s1. The van der Waals surface area contributed by atoms with E-state index in [1.54, 1.807) is 55.5 Å². The lowest BCUT2D eigenvalue weighted by molar-refractivity contribution is -0.122. The van der Waals surface area contributed by atoms with Gasteiger partial charge in [-0.1, -0.05) is 18.5 Å². The molecule has 0 bridgehead atoms. The average molecular weight is 362 g/mol. The second-order valence-corrected chi connectivity index (χ2v) is 5.69. The summed E-state index contributed by atoms with van der Waals surface area (Å²) in [5, 5.41) is 3.38. The van der Waals surface area contributed by atoms with Crippen LogP contribution in [0.2, 0.25) is 5.02 Å². The molecule has 0 saturated heterocycles. The van der Waals surface area contributed by atoms with Gasteiger partial charge in [-0.05, 0) is 61.9 Å². The Labute approximate surface area is 151 Å². The zero-order valence-corrected chi connectivity index (χ0v) is 14.9. The summed E-state index contributed by atoms with van der Waals surface area (Å²) in [6.07, 6.45) is -0.124. The molecule has 2 aromatic carbocycles. The molecule has 2 aromatic rings. The monoisotopic (exact) mass is 361 g/mol. The van der Waals surface area contributed by atoms with Crippen LogP contribution >= 0.6 is 11.6 Å². The lowest BCUT2D eigenvalue weighted by Crippen LogP contribution is -2.32. The van der Waals surface area contributed by atoms with E-state index in [1.165, 1.54) is 0 Å². The fraction of sp³-hybridized carbons (Fsp3) is 0.263. The fourth-order valence-corrected chi connectivity index (χ4v) is 2.25. The van der Waals surface area contributed by atoms with E-state index in [1.807, 2.05) is 6.92 Å². The van der Waals surface area contributed by atoms with Crippen LogP contribution in [-0.4, -0.2) is 24.6 Å². The molecule has 0 aliphatic heterocycles. The van der Waals surface area contributed by atoms with E-state index in [-0.39, 0.29) is 5.91 Å². The minimum atomic E-state index is -0.633. The largest absolute Gasteiger partial charge is 0.481 e. The van der Waals surface area contributed by atoms with E-state index in [0.717, 1.165) is 0 Å². The summed E-state index contributed by atoms with van der Waals surface area (Å²) in [6, 6.07) is 13.4. The van der Waals surface area contributed by atoms with Crippen LogP contribution in [0.3, 0.4) is 0 Å². The first-order valence-corrected chi connectivity index (χ1v) is 8.41. The molecule has 5 nitrogen and oxygen atoms in total. The van der Waals surface area contributed by atoms with Gasteiger partial charge in [0.05, 0.1) is 12.2 Å². The molecule has 1 amide bonds. The molecule has 0 aromatic heterocycles. The number of rotatable bonds is 7. The molecule has 0 unspecified atom stereocenters. The molecule has 2 rings (SSSR count). The van der Waals surface area contributed by atoms with Crippen molar-refractivity contribution in [2.45, 2.75) is 26.4 Å². The van der Waals surface area contributed by atoms with Crippen molar-refractivity contribution in [3.05, 3.63) is 59.1 Å². The Morgan fingerprint density at radius 2 is 1.68 bits per heavy atom. The fourth-order valence-electron chi connectivity index (χ4n) is 2.13. The highest BCUT2D eigenvalue weighted by Crippen LogP contribution is 2.19. The number of ether oxygens (including phenoxy) is 2. The van der Waals surface area contributed by atoms with Crippen LogP contribution in [0.15, 0.2) is 48.5 Å². The number of halogens is 1. The van der Waals surface area contributed by atoms with Gasteiger partial charge in [0.2, 0.25) is 0 Å². The lowest BCUT2D eigenvalue weighted by atomic mass is 10.2. The van der Waals surface area contributed by atoms with Crippen LogP contribution in [0.4, 0.5) is 5.69 Å². The first-order chi connectivity index (χ1) is 12.0. The Balaban J connectivity index is 1.99. The smallest absolute Gasteiger partial charge is 0.338 e. The third-order valence-corrected chi connectivity index (χ3v) is 3.67. The molecule has 1 atom stereocenters. The first kappa shape index (κ1) is 18.8. The number of benzene rings is 2. The summed E-state index contributed by atoms with van der Waals surface area (Å²) in [5.74, 6) is -0.0803. The highest BCUT2D eigenvalue weighted by atomic mass is 35.5. The molecule has 0 aliphatic carbocycles. The minimum Gasteiger partial charge on any atom is -0.481 e. The number of hydrogen-bond donors (Lipinski definition) is 1. The topological polar surface area (TPSA) is 64.6 Å². The van der Waals surface area contributed by atoms with Gasteiger partial charge in [-0.25, -0.2) is 4.79 Å². The average Bonchev–Trinajstić information content (AvgIpc) is 2.62. The van der Waals surface area contributed by atoms with Crippen molar-refractivity contribution < 1.29 is 19.1 Å². The van der Waals surface area contributed by atoms with E-state index in [4.69, 9.17) is 21.1 Å². The first-order valence-electron chi connectivity index (χ1n) is 8.03.